The number of aliphatic carboxylic acids is 2. The number of aliphatic hydroxyl groups is 2. The molecule has 2 aromatic carbocycles. The van der Waals surface area contributed by atoms with Crippen LogP contribution in [0, 0.1) is 0 Å². The highest BCUT2D eigenvalue weighted by molar-refractivity contribution is 7.81. The van der Waals surface area contributed by atoms with Crippen LogP contribution in [0.25, 0.3) is 21.8 Å². The second-order valence-corrected chi connectivity index (χ2v) is 24.9. The van der Waals surface area contributed by atoms with Crippen LogP contribution >= 0.6 is 22.7 Å². The number of carbonyl (C=O) groups excluding carboxylic acids is 4. The maximum Gasteiger partial charge on any atom is 0.442 e. The molecule has 87 heavy (non-hydrogen) atoms. The molecule has 12 N–H and O–H groups in total. The number of nitrogen functional groups attached to an aromatic ring is 2. The molecule has 4 fully saturated rings. The second kappa shape index (κ2) is 23.2. The average Bonchev–Trinajstić information content (AvgIpc) is 1.65. The van der Waals surface area contributed by atoms with Crippen molar-refractivity contribution in [3.05, 3.63) is 70.9 Å². The van der Waals surface area contributed by atoms with Crippen molar-refractivity contribution in [1.82, 2.24) is 50.7 Å². The number of fused-ring (bicyclic) bond motifs is 2. The SMILES string of the molecule is C[n+]1c2ccc(OC[C@H](O/N=C(\C(=O)N[C@@H]3C(=O)N(OS(=O)(=O)ON4C(=O)[C@@H](NC(=O)/C(=N\O[C@@H](COc5ccc6c(c5)cn(CC5(O)CNC5)[n+]6C)C(=O)O)c5csc(N)n5)C4(C)C)C3(C)C)c3csc(N)n3)C(=O)O)cc2cn1CC1(O)CNC1. The van der Waals surface area contributed by atoms with E-state index in [9.17, 15) is 57.6 Å². The van der Waals surface area contributed by atoms with E-state index in [4.69, 9.17) is 39.2 Å². The highest BCUT2D eigenvalue weighted by atomic mass is 32.3. The predicted molar refractivity (Wildman–Crippen MR) is 301 cm³/mol. The molecule has 0 radical (unpaired) electrons. The number of benzene rings is 2. The quantitative estimate of drug-likeness (QED) is 0.0109. The number of hydrogen-bond donors (Lipinski definition) is 10. The van der Waals surface area contributed by atoms with Gasteiger partial charge in [-0.1, -0.05) is 10.3 Å². The van der Waals surface area contributed by atoms with Crippen molar-refractivity contribution in [3.63, 3.8) is 0 Å². The van der Waals surface area contributed by atoms with Gasteiger partial charge in [-0.25, -0.2) is 19.6 Å². The number of rotatable bonds is 26. The summed E-state index contributed by atoms with van der Waals surface area (Å²) in [6, 6.07) is 6.96. The van der Waals surface area contributed by atoms with E-state index in [1.54, 1.807) is 36.4 Å². The van der Waals surface area contributed by atoms with Crippen LogP contribution in [0.15, 0.2) is 69.9 Å². The Kier molecular flexibility index (Phi) is 16.4. The van der Waals surface area contributed by atoms with E-state index in [0.29, 0.717) is 49.4 Å². The Balaban J connectivity index is 0.746. The number of carbonyl (C=O) groups is 6. The summed E-state index contributed by atoms with van der Waals surface area (Å²) in [7, 11) is -1.73. The molecule has 0 aliphatic carbocycles. The maximum atomic E-state index is 13.9. The third kappa shape index (κ3) is 12.5. The van der Waals surface area contributed by atoms with Crippen molar-refractivity contribution < 1.29 is 94.7 Å². The first-order valence-electron chi connectivity index (χ1n) is 26.3. The van der Waals surface area contributed by atoms with E-state index in [1.807, 2.05) is 45.2 Å². The minimum atomic E-state index is -5.37. The molecular formula is C50H60N16O18S3+2. The minimum Gasteiger partial charge on any atom is -0.489 e. The van der Waals surface area contributed by atoms with Crippen molar-refractivity contribution in [3.8, 4) is 11.5 Å². The van der Waals surface area contributed by atoms with Gasteiger partial charge in [0.25, 0.3) is 35.8 Å². The number of hydroxylamine groups is 4. The molecule has 8 heterocycles. The lowest BCUT2D eigenvalue weighted by Gasteiger charge is -2.52. The number of aryl methyl sites for hydroxylation is 2. The molecule has 6 aromatic rings. The van der Waals surface area contributed by atoms with E-state index >= 15 is 0 Å². The first-order chi connectivity index (χ1) is 40.9. The predicted octanol–water partition coefficient (Wildman–Crippen LogP) is -3.48. The normalized spacial score (nSPS) is 20.1. The number of nitrogens with two attached hydrogens (primary N) is 2. The lowest BCUT2D eigenvalue weighted by atomic mass is 9.84. The van der Waals surface area contributed by atoms with Gasteiger partial charge in [0.1, 0.15) is 72.5 Å². The fourth-order valence-corrected chi connectivity index (χ4v) is 11.7. The van der Waals surface area contributed by atoms with Gasteiger partial charge >= 0.3 is 22.3 Å². The molecule has 0 unspecified atom stereocenters. The number of amides is 4. The first-order valence-corrected chi connectivity index (χ1v) is 29.4. The number of nitrogens with one attached hydrogen (secondary N) is 4. The van der Waals surface area contributed by atoms with E-state index in [2.05, 4.69) is 41.5 Å². The molecule has 464 valence electrons. The number of aromatic nitrogens is 6. The summed E-state index contributed by atoms with van der Waals surface area (Å²) >= 11 is 1.79. The number of carboxylic acid groups (broad SMARTS) is 2. The largest absolute Gasteiger partial charge is 0.489 e. The molecule has 4 atom stereocenters. The van der Waals surface area contributed by atoms with Crippen LogP contribution < -0.4 is 51.6 Å². The Bertz CT molecular complexity index is 3680. The Morgan fingerprint density at radius 2 is 1.08 bits per heavy atom. The fourth-order valence-electron chi connectivity index (χ4n) is 9.69. The van der Waals surface area contributed by atoms with Crippen LogP contribution in [0.1, 0.15) is 39.1 Å². The summed E-state index contributed by atoms with van der Waals surface area (Å²) < 4.78 is 55.9. The standard InChI is InChI=1S/C50H58N16O18S3/c1-47(2)37(57-39(67)35(29-17-85-45(51)55-29)59-81-33(43(71)72)15-79-27-7-9-31-25(11-27)13-63(61(31)5)23-49(75)19-53-20-49)41(69)65(47)83-87(77,78)84-66-42(70)38(48(66,3)4)58-40(68)36(30-18-86-46(52)56-30)60-82-34(44(73)74)16-80-28-8-10-32-26(12-28)14-64(62(32)6)24-50(76)21-54-22-50/h7-14,17-18,33-34,37-38,53-54,75-76H,15-16,19-24H2,1-6H3,(H6-2,51,52,55,56,57,58,67,68,71,72,73,74)/p+2/b59-35-,60-36-/t33-,34-,37+,38+/m0/s1. The van der Waals surface area contributed by atoms with E-state index < -0.39 is 117 Å². The molecule has 4 aliphatic rings. The number of β-amino-alcohol motifs (C(OH)–C–C–N with tert-alkyl or cyclic N) is 2. The van der Waals surface area contributed by atoms with Gasteiger partial charge in [0, 0.05) is 49.1 Å². The van der Waals surface area contributed by atoms with Crippen LogP contribution in [-0.4, -0.2) is 191 Å². The summed E-state index contributed by atoms with van der Waals surface area (Å²) in [6.45, 7) is 6.42. The lowest BCUT2D eigenvalue weighted by molar-refractivity contribution is -0.732. The van der Waals surface area contributed by atoms with E-state index in [1.165, 1.54) is 38.5 Å². The number of thiazole rings is 2. The maximum absolute atomic E-state index is 13.9. The Morgan fingerprint density at radius 1 is 0.701 bits per heavy atom. The minimum absolute atomic E-state index is 0.0200. The summed E-state index contributed by atoms with van der Waals surface area (Å²) in [6.07, 6.45) is 0.00725. The zero-order valence-corrected chi connectivity index (χ0v) is 49.5. The molecule has 10 rings (SSSR count). The van der Waals surface area contributed by atoms with Gasteiger partial charge in [0.2, 0.25) is 11.0 Å². The fraction of sp³-hybridized carbons (Fsp3) is 0.440. The zero-order chi connectivity index (χ0) is 62.7. The number of nitrogens with zero attached hydrogens (tertiary/aromatic N) is 10. The Hall–Kier alpha value is -8.69. The summed E-state index contributed by atoms with van der Waals surface area (Å²) in [4.78, 5) is 98.5. The summed E-state index contributed by atoms with van der Waals surface area (Å²) in [5, 5.41) is 64.7. The van der Waals surface area contributed by atoms with Crippen LogP contribution in [-0.2, 0) is 84.6 Å². The first kappa shape index (κ1) is 61.4. The molecule has 0 saturated carbocycles. The zero-order valence-electron chi connectivity index (χ0n) is 47.1. The Labute approximate surface area is 500 Å². The highest BCUT2D eigenvalue weighted by Crippen LogP contribution is 2.37. The number of β-lactam (4-membered cyclic amide) rings is 2. The van der Waals surface area contributed by atoms with Crippen LogP contribution in [0.3, 0.4) is 0 Å². The van der Waals surface area contributed by atoms with Gasteiger partial charge in [-0.2, -0.15) is 27.9 Å². The van der Waals surface area contributed by atoms with Crippen LogP contribution in [0.4, 0.5) is 10.3 Å². The number of ether oxygens (including phenoxy) is 2. The molecule has 0 spiro atoms. The van der Waals surface area contributed by atoms with Gasteiger partial charge in [-0.15, -0.1) is 40.6 Å². The van der Waals surface area contributed by atoms with Crippen LogP contribution in [0.2, 0.25) is 0 Å². The van der Waals surface area contributed by atoms with Crippen molar-refractivity contribution in [2.24, 2.45) is 24.4 Å². The van der Waals surface area contributed by atoms with Gasteiger partial charge < -0.3 is 72.3 Å². The van der Waals surface area contributed by atoms with Crippen molar-refractivity contribution in [1.29, 1.82) is 0 Å². The van der Waals surface area contributed by atoms with Crippen molar-refractivity contribution in [2.45, 2.75) is 87.4 Å². The van der Waals surface area contributed by atoms with Gasteiger partial charge in [-0.3, -0.25) is 19.2 Å². The Morgan fingerprint density at radius 3 is 1.39 bits per heavy atom. The molecule has 37 heteroatoms. The molecule has 4 saturated heterocycles. The summed E-state index contributed by atoms with van der Waals surface area (Å²) in [5.74, 6) is -7.08. The van der Waals surface area contributed by atoms with E-state index in [0.717, 1.165) is 44.5 Å². The van der Waals surface area contributed by atoms with Gasteiger partial charge in [0.15, 0.2) is 35.8 Å². The average molecular weight is 1270 g/mol. The number of hydrogen-bond acceptors (Lipinski definition) is 26. The highest BCUT2D eigenvalue weighted by Gasteiger charge is 2.61. The summed E-state index contributed by atoms with van der Waals surface area (Å²) in [5.41, 5.74) is 6.47. The third-order valence-electron chi connectivity index (χ3n) is 14.9. The number of carboxylic acids is 2. The van der Waals surface area contributed by atoms with Crippen molar-refractivity contribution in [2.75, 3.05) is 50.9 Å². The monoisotopic (exact) mass is 1270 g/mol. The number of oxime groups is 2. The van der Waals surface area contributed by atoms with Gasteiger partial charge in [0.05, 0.1) is 34.2 Å². The second-order valence-electron chi connectivity index (χ2n) is 22.0. The molecule has 4 aliphatic heterocycles. The lowest BCUT2D eigenvalue weighted by Crippen LogP contribution is -2.78. The molecular weight excluding hydrogens is 1210 g/mol. The van der Waals surface area contributed by atoms with Gasteiger partial charge in [-0.05, 0) is 52.0 Å². The molecule has 0 bridgehead atoms. The smallest absolute Gasteiger partial charge is 0.442 e. The molecule has 4 amide bonds. The van der Waals surface area contributed by atoms with Crippen molar-refractivity contribution >= 4 is 112 Å². The molecule has 4 aromatic heterocycles. The third-order valence-corrected chi connectivity index (χ3v) is 16.9. The van der Waals surface area contributed by atoms with E-state index in [-0.39, 0.29) is 33.1 Å². The number of anilines is 2. The molecule has 34 nitrogen and oxygen atoms in total. The van der Waals surface area contributed by atoms with Crippen LogP contribution in [0.5, 0.6) is 11.5 Å². The topological polar surface area (TPSA) is 448 Å².